The lowest BCUT2D eigenvalue weighted by molar-refractivity contribution is 0.0521. The van der Waals surface area contributed by atoms with Gasteiger partial charge in [-0.25, -0.2) is 0 Å². The zero-order chi connectivity index (χ0) is 13.1. The number of ether oxygens (including phenoxy) is 2. The Morgan fingerprint density at radius 3 is 3.05 bits per heavy atom. The van der Waals surface area contributed by atoms with Crippen molar-refractivity contribution in [2.24, 2.45) is 5.73 Å². The molecule has 0 amide bonds. The Hall–Kier alpha value is -0.710. The molecule has 2 N–H and O–H groups in total. The Kier molecular flexibility index (Phi) is 4.31. The highest BCUT2D eigenvalue weighted by atomic mass is 32.2. The minimum atomic E-state index is 0.129. The maximum Gasteiger partial charge on any atom is 0.122 e. The molecule has 3 rings (SSSR count). The fourth-order valence-corrected chi connectivity index (χ4v) is 3.85. The topological polar surface area (TPSA) is 44.5 Å². The van der Waals surface area contributed by atoms with Crippen LogP contribution in [0.25, 0.3) is 0 Å². The lowest BCUT2D eigenvalue weighted by Crippen LogP contribution is -2.42. The van der Waals surface area contributed by atoms with Gasteiger partial charge in [-0.15, -0.1) is 0 Å². The highest BCUT2D eigenvalue weighted by Gasteiger charge is 2.28. The summed E-state index contributed by atoms with van der Waals surface area (Å²) in [5, 5.41) is 0. The summed E-state index contributed by atoms with van der Waals surface area (Å²) in [4.78, 5) is 0. The maximum absolute atomic E-state index is 6.36. The zero-order valence-corrected chi connectivity index (χ0v) is 11.9. The quantitative estimate of drug-likeness (QED) is 0.923. The fourth-order valence-electron chi connectivity index (χ4n) is 2.89. The summed E-state index contributed by atoms with van der Waals surface area (Å²) in [6.07, 6.45) is 2.27. The molecule has 1 fully saturated rings. The van der Waals surface area contributed by atoms with Crippen LogP contribution in [0.3, 0.4) is 0 Å². The second-order valence-electron chi connectivity index (χ2n) is 5.26. The number of hydrogen-bond acceptors (Lipinski definition) is 4. The summed E-state index contributed by atoms with van der Waals surface area (Å²) >= 11 is 1.95. The molecule has 104 valence electrons. The monoisotopic (exact) mass is 279 g/mol. The predicted octanol–water partition coefficient (Wildman–Crippen LogP) is 2.40. The Morgan fingerprint density at radius 2 is 2.21 bits per heavy atom. The van der Waals surface area contributed by atoms with Gasteiger partial charge < -0.3 is 15.2 Å². The molecular weight excluding hydrogens is 258 g/mol. The molecule has 2 aliphatic rings. The standard InChI is InChI=1S/C15H21NO2S/c16-13(15-10-19-8-7-18-15)9-11-5-6-17-14-4-2-1-3-12(11)14/h1-4,11,13,15H,5-10,16H2. The van der Waals surface area contributed by atoms with Crippen molar-refractivity contribution < 1.29 is 9.47 Å². The van der Waals surface area contributed by atoms with Crippen LogP contribution in [0.5, 0.6) is 5.75 Å². The third-order valence-electron chi connectivity index (χ3n) is 3.96. The van der Waals surface area contributed by atoms with E-state index in [0.717, 1.165) is 43.3 Å². The van der Waals surface area contributed by atoms with E-state index in [4.69, 9.17) is 15.2 Å². The van der Waals surface area contributed by atoms with E-state index < -0.39 is 0 Å². The molecule has 0 aromatic heterocycles. The number of fused-ring (bicyclic) bond motifs is 1. The van der Waals surface area contributed by atoms with Crippen LogP contribution in [0, 0.1) is 0 Å². The van der Waals surface area contributed by atoms with Crippen LogP contribution < -0.4 is 10.5 Å². The van der Waals surface area contributed by atoms with Gasteiger partial charge in [0.25, 0.3) is 0 Å². The average Bonchev–Trinajstić information content (AvgIpc) is 2.48. The summed E-state index contributed by atoms with van der Waals surface area (Å²) in [6, 6.07) is 8.47. The number of para-hydroxylation sites is 1. The van der Waals surface area contributed by atoms with Crippen LogP contribution in [0.2, 0.25) is 0 Å². The third-order valence-corrected chi connectivity index (χ3v) is 4.98. The van der Waals surface area contributed by atoms with E-state index >= 15 is 0 Å². The molecule has 1 aromatic rings. The smallest absolute Gasteiger partial charge is 0.122 e. The number of rotatable bonds is 3. The van der Waals surface area contributed by atoms with Crippen molar-refractivity contribution in [2.45, 2.75) is 30.9 Å². The van der Waals surface area contributed by atoms with Crippen LogP contribution in [0.1, 0.15) is 24.3 Å². The molecule has 19 heavy (non-hydrogen) atoms. The zero-order valence-electron chi connectivity index (χ0n) is 11.1. The molecule has 2 heterocycles. The number of benzene rings is 1. The summed E-state index contributed by atoms with van der Waals surface area (Å²) < 4.78 is 11.5. The second-order valence-corrected chi connectivity index (χ2v) is 6.41. The van der Waals surface area contributed by atoms with Crippen molar-refractivity contribution >= 4 is 11.8 Å². The molecular formula is C15H21NO2S. The normalized spacial score (nSPS) is 28.3. The van der Waals surface area contributed by atoms with E-state index in [1.807, 2.05) is 17.8 Å². The minimum Gasteiger partial charge on any atom is -0.493 e. The van der Waals surface area contributed by atoms with Crippen LogP contribution in [0.15, 0.2) is 24.3 Å². The average molecular weight is 279 g/mol. The first-order valence-electron chi connectivity index (χ1n) is 7.01. The Labute approximate surface area is 118 Å². The van der Waals surface area contributed by atoms with E-state index in [0.29, 0.717) is 5.92 Å². The van der Waals surface area contributed by atoms with E-state index in [1.54, 1.807) is 0 Å². The van der Waals surface area contributed by atoms with Crippen molar-refractivity contribution in [2.75, 3.05) is 24.7 Å². The summed E-state index contributed by atoms with van der Waals surface area (Å²) in [6.45, 7) is 1.64. The van der Waals surface area contributed by atoms with Crippen molar-refractivity contribution in [1.29, 1.82) is 0 Å². The van der Waals surface area contributed by atoms with Crippen molar-refractivity contribution in [3.63, 3.8) is 0 Å². The molecule has 1 saturated heterocycles. The van der Waals surface area contributed by atoms with Crippen LogP contribution >= 0.6 is 11.8 Å². The maximum atomic E-state index is 6.36. The number of thioether (sulfide) groups is 1. The lowest BCUT2D eigenvalue weighted by atomic mass is 9.86. The first kappa shape index (κ1) is 13.3. The Bertz CT molecular complexity index is 420. The van der Waals surface area contributed by atoms with Gasteiger partial charge in [-0.1, -0.05) is 18.2 Å². The molecule has 0 aliphatic carbocycles. The van der Waals surface area contributed by atoms with Gasteiger partial charge in [0.1, 0.15) is 5.75 Å². The van der Waals surface area contributed by atoms with Gasteiger partial charge in [-0.2, -0.15) is 11.8 Å². The largest absolute Gasteiger partial charge is 0.493 e. The van der Waals surface area contributed by atoms with E-state index in [-0.39, 0.29) is 12.1 Å². The molecule has 2 aliphatic heterocycles. The number of hydrogen-bond donors (Lipinski definition) is 1. The molecule has 3 nitrogen and oxygen atoms in total. The van der Waals surface area contributed by atoms with Crippen molar-refractivity contribution in [1.82, 2.24) is 0 Å². The van der Waals surface area contributed by atoms with Crippen LogP contribution in [-0.4, -0.2) is 36.9 Å². The molecule has 0 spiro atoms. The highest BCUT2D eigenvalue weighted by molar-refractivity contribution is 7.99. The van der Waals surface area contributed by atoms with Gasteiger partial charge in [0.15, 0.2) is 0 Å². The van der Waals surface area contributed by atoms with Gasteiger partial charge in [-0.05, 0) is 30.4 Å². The predicted molar refractivity (Wildman–Crippen MR) is 79.0 cm³/mol. The van der Waals surface area contributed by atoms with Gasteiger partial charge in [0.05, 0.1) is 19.3 Å². The van der Waals surface area contributed by atoms with E-state index in [2.05, 4.69) is 18.2 Å². The minimum absolute atomic E-state index is 0.129. The second kappa shape index (κ2) is 6.16. The third kappa shape index (κ3) is 3.07. The Balaban J connectivity index is 1.66. The van der Waals surface area contributed by atoms with Crippen molar-refractivity contribution in [3.8, 4) is 5.75 Å². The highest BCUT2D eigenvalue weighted by Crippen LogP contribution is 2.36. The Morgan fingerprint density at radius 1 is 1.32 bits per heavy atom. The molecule has 1 aromatic carbocycles. The summed E-state index contributed by atoms with van der Waals surface area (Å²) in [5.74, 6) is 3.68. The summed E-state index contributed by atoms with van der Waals surface area (Å²) in [7, 11) is 0. The van der Waals surface area contributed by atoms with E-state index in [9.17, 15) is 0 Å². The molecule has 0 saturated carbocycles. The van der Waals surface area contributed by atoms with Gasteiger partial charge in [0.2, 0.25) is 0 Å². The molecule has 4 heteroatoms. The molecule has 3 unspecified atom stereocenters. The molecule has 3 atom stereocenters. The van der Waals surface area contributed by atoms with Gasteiger partial charge in [-0.3, -0.25) is 0 Å². The SMILES string of the molecule is NC(CC1CCOc2ccccc21)C1CSCCO1. The molecule has 0 bridgehead atoms. The molecule has 0 radical (unpaired) electrons. The van der Waals surface area contributed by atoms with Gasteiger partial charge >= 0.3 is 0 Å². The number of nitrogens with two attached hydrogens (primary N) is 1. The van der Waals surface area contributed by atoms with Gasteiger partial charge in [0, 0.05) is 17.5 Å². The van der Waals surface area contributed by atoms with Crippen molar-refractivity contribution in [3.05, 3.63) is 29.8 Å². The summed E-state index contributed by atoms with van der Waals surface area (Å²) in [5.41, 5.74) is 7.67. The van der Waals surface area contributed by atoms with E-state index in [1.165, 1.54) is 5.56 Å². The van der Waals surface area contributed by atoms with Crippen LogP contribution in [0.4, 0.5) is 0 Å². The first-order chi connectivity index (χ1) is 9.34. The fraction of sp³-hybridized carbons (Fsp3) is 0.600. The lowest BCUT2D eigenvalue weighted by Gasteiger charge is -2.32. The van der Waals surface area contributed by atoms with Crippen LogP contribution in [-0.2, 0) is 4.74 Å². The first-order valence-corrected chi connectivity index (χ1v) is 8.16.